The predicted octanol–water partition coefficient (Wildman–Crippen LogP) is 0.582. The fraction of sp³-hybridized carbons (Fsp3) is 0.389. The van der Waals surface area contributed by atoms with Crippen LogP contribution in [0.25, 0.3) is 0 Å². The third-order valence-corrected chi connectivity index (χ3v) is 4.51. The van der Waals surface area contributed by atoms with Crippen molar-refractivity contribution in [1.82, 2.24) is 10.6 Å². The van der Waals surface area contributed by atoms with Crippen molar-refractivity contribution in [3.05, 3.63) is 33.8 Å². The van der Waals surface area contributed by atoms with E-state index < -0.39 is 23.8 Å². The molecule has 0 saturated carbocycles. The number of carbonyl (C=O) groups excluding carboxylic acids is 3. The summed E-state index contributed by atoms with van der Waals surface area (Å²) in [6.45, 7) is 0.194. The Morgan fingerprint density at radius 2 is 1.73 bits per heavy atom. The smallest absolute Gasteiger partial charge is 0.320 e. The summed E-state index contributed by atoms with van der Waals surface area (Å²) < 4.78 is 0. The first kappa shape index (κ1) is 25.3. The summed E-state index contributed by atoms with van der Waals surface area (Å²) in [6, 6.07) is 3.74. The number of carbonyl (C=O) groups is 4. The Morgan fingerprint density at radius 1 is 1.10 bits per heavy atom. The average Bonchev–Trinajstić information content (AvgIpc) is 2.66. The standard InChI is InChI=1S/C18H23Cl2N5O5/c19-11-3-1-4-12(20)10(11)9-16(28)25-18(22)24-15(27)5-2-8-23-14(26)7-6-13(21)17(29)30/h1,3-4,13H,2,5-9,21H2,(H,23,26)(H,29,30)(H3,22,24,25,27,28)/t13-/m0/s1. The van der Waals surface area contributed by atoms with E-state index in [4.69, 9.17) is 39.8 Å². The van der Waals surface area contributed by atoms with Crippen LogP contribution in [0, 0.1) is 0 Å². The molecule has 1 rings (SSSR count). The minimum atomic E-state index is -1.18. The molecular formula is C18H23Cl2N5O5. The number of hydrogen-bond donors (Lipinski definition) is 5. The quantitative estimate of drug-likeness (QED) is 0.193. The number of carboxylic acids is 1. The van der Waals surface area contributed by atoms with Gasteiger partial charge in [-0.05, 0) is 30.5 Å². The molecule has 12 heteroatoms. The topological polar surface area (TPSA) is 177 Å². The van der Waals surface area contributed by atoms with Crippen LogP contribution < -0.4 is 22.1 Å². The molecule has 30 heavy (non-hydrogen) atoms. The number of nitrogens with two attached hydrogens (primary N) is 2. The average molecular weight is 460 g/mol. The number of amides is 3. The Labute approximate surface area is 183 Å². The first-order valence-electron chi connectivity index (χ1n) is 8.95. The summed E-state index contributed by atoms with van der Waals surface area (Å²) in [5.74, 6) is -3.02. The van der Waals surface area contributed by atoms with Crippen LogP contribution in [0.3, 0.4) is 0 Å². The maximum absolute atomic E-state index is 12.0. The number of rotatable bonds is 10. The SMILES string of the molecule is NC(=NC(=O)CCCNC(=O)CC[C@H](N)C(=O)O)NC(=O)Cc1c(Cl)cccc1Cl. The third kappa shape index (κ3) is 9.68. The maximum atomic E-state index is 12.0. The minimum Gasteiger partial charge on any atom is -0.480 e. The van der Waals surface area contributed by atoms with Crippen LogP contribution in [-0.4, -0.2) is 47.3 Å². The molecule has 0 bridgehead atoms. The van der Waals surface area contributed by atoms with Gasteiger partial charge in [-0.3, -0.25) is 24.5 Å². The van der Waals surface area contributed by atoms with Crippen LogP contribution in [0.4, 0.5) is 0 Å². The number of carboxylic acid groups (broad SMARTS) is 1. The van der Waals surface area contributed by atoms with E-state index in [1.165, 1.54) is 0 Å². The van der Waals surface area contributed by atoms with Crippen molar-refractivity contribution in [2.45, 2.75) is 38.1 Å². The molecule has 3 amide bonds. The van der Waals surface area contributed by atoms with E-state index in [1.807, 2.05) is 0 Å². The molecule has 7 N–H and O–H groups in total. The summed E-state index contributed by atoms with van der Waals surface area (Å²) >= 11 is 12.0. The third-order valence-electron chi connectivity index (χ3n) is 3.80. The van der Waals surface area contributed by atoms with Gasteiger partial charge >= 0.3 is 5.97 Å². The Hall–Kier alpha value is -2.69. The van der Waals surface area contributed by atoms with E-state index in [1.54, 1.807) is 18.2 Å². The van der Waals surface area contributed by atoms with Crippen LogP contribution in [0.1, 0.15) is 31.2 Å². The van der Waals surface area contributed by atoms with Gasteiger partial charge in [-0.25, -0.2) is 0 Å². The van der Waals surface area contributed by atoms with Gasteiger partial charge in [-0.15, -0.1) is 0 Å². The number of halogens is 2. The Kier molecular flexibility index (Phi) is 10.8. The Balaban J connectivity index is 2.33. The van der Waals surface area contributed by atoms with Crippen LogP contribution in [0.15, 0.2) is 23.2 Å². The number of nitrogens with zero attached hydrogens (tertiary/aromatic N) is 1. The summed E-state index contributed by atoms with van der Waals surface area (Å²) in [7, 11) is 0. The fourth-order valence-electron chi connectivity index (χ4n) is 2.23. The lowest BCUT2D eigenvalue weighted by Gasteiger charge is -2.08. The van der Waals surface area contributed by atoms with Crippen LogP contribution in [0.5, 0.6) is 0 Å². The van der Waals surface area contributed by atoms with Crippen LogP contribution in [-0.2, 0) is 25.6 Å². The molecule has 0 aliphatic rings. The molecule has 1 aromatic carbocycles. The van der Waals surface area contributed by atoms with Crippen molar-refractivity contribution in [2.75, 3.05) is 6.54 Å². The van der Waals surface area contributed by atoms with Crippen molar-refractivity contribution in [3.63, 3.8) is 0 Å². The van der Waals surface area contributed by atoms with E-state index in [0.717, 1.165) is 0 Å². The van der Waals surface area contributed by atoms with Gasteiger partial charge in [-0.1, -0.05) is 29.3 Å². The molecule has 0 fully saturated rings. The molecule has 0 heterocycles. The van der Waals surface area contributed by atoms with Crippen molar-refractivity contribution < 1.29 is 24.3 Å². The Morgan fingerprint density at radius 3 is 2.33 bits per heavy atom. The number of aliphatic carboxylic acids is 1. The van der Waals surface area contributed by atoms with E-state index >= 15 is 0 Å². The zero-order valence-corrected chi connectivity index (χ0v) is 17.5. The zero-order valence-electron chi connectivity index (χ0n) is 16.0. The first-order valence-corrected chi connectivity index (χ1v) is 9.70. The molecule has 0 aliphatic heterocycles. The van der Waals surface area contributed by atoms with Gasteiger partial charge in [0.1, 0.15) is 6.04 Å². The largest absolute Gasteiger partial charge is 0.480 e. The lowest BCUT2D eigenvalue weighted by molar-refractivity contribution is -0.138. The highest BCUT2D eigenvalue weighted by molar-refractivity contribution is 6.36. The molecule has 10 nitrogen and oxygen atoms in total. The number of nitrogens with one attached hydrogen (secondary N) is 2. The summed E-state index contributed by atoms with van der Waals surface area (Å²) in [6.07, 6.45) is 0.117. The van der Waals surface area contributed by atoms with Gasteiger partial charge in [-0.2, -0.15) is 4.99 Å². The highest BCUT2D eigenvalue weighted by Crippen LogP contribution is 2.24. The van der Waals surface area contributed by atoms with Gasteiger partial charge in [0.05, 0.1) is 6.42 Å². The molecule has 0 spiro atoms. The van der Waals surface area contributed by atoms with Gasteiger partial charge in [0.15, 0.2) is 0 Å². The molecular weight excluding hydrogens is 437 g/mol. The second-order valence-electron chi connectivity index (χ2n) is 6.25. The van der Waals surface area contributed by atoms with E-state index in [-0.39, 0.29) is 50.5 Å². The van der Waals surface area contributed by atoms with Crippen LogP contribution in [0.2, 0.25) is 10.0 Å². The molecule has 0 saturated heterocycles. The van der Waals surface area contributed by atoms with Crippen molar-refractivity contribution in [1.29, 1.82) is 0 Å². The summed E-state index contributed by atoms with van der Waals surface area (Å²) in [5.41, 5.74) is 11.3. The number of guanidine groups is 1. The van der Waals surface area contributed by atoms with E-state index in [0.29, 0.717) is 15.6 Å². The normalized spacial score (nSPS) is 12.2. The molecule has 0 aliphatic carbocycles. The van der Waals surface area contributed by atoms with Crippen molar-refractivity contribution in [3.8, 4) is 0 Å². The number of aliphatic imine (C=N–C) groups is 1. The highest BCUT2D eigenvalue weighted by Gasteiger charge is 2.14. The second-order valence-corrected chi connectivity index (χ2v) is 7.07. The van der Waals surface area contributed by atoms with E-state index in [2.05, 4.69) is 15.6 Å². The summed E-state index contributed by atoms with van der Waals surface area (Å²) in [4.78, 5) is 49.5. The maximum Gasteiger partial charge on any atom is 0.320 e. The van der Waals surface area contributed by atoms with Crippen LogP contribution >= 0.6 is 23.2 Å². The fourth-order valence-corrected chi connectivity index (χ4v) is 2.76. The lowest BCUT2D eigenvalue weighted by atomic mass is 10.1. The van der Waals surface area contributed by atoms with E-state index in [9.17, 15) is 19.2 Å². The van der Waals surface area contributed by atoms with Crippen molar-refractivity contribution in [2.24, 2.45) is 16.5 Å². The zero-order chi connectivity index (χ0) is 22.7. The molecule has 1 atom stereocenters. The molecule has 164 valence electrons. The molecule has 0 unspecified atom stereocenters. The van der Waals surface area contributed by atoms with Crippen molar-refractivity contribution >= 4 is 52.9 Å². The Bertz CT molecular complexity index is 811. The summed E-state index contributed by atoms with van der Waals surface area (Å²) in [5, 5.41) is 14.1. The molecule has 0 radical (unpaired) electrons. The van der Waals surface area contributed by atoms with Gasteiger partial charge < -0.3 is 21.9 Å². The minimum absolute atomic E-state index is 0.0121. The van der Waals surface area contributed by atoms with Gasteiger partial charge in [0.2, 0.25) is 23.7 Å². The van der Waals surface area contributed by atoms with Gasteiger partial charge in [0, 0.05) is 29.4 Å². The number of benzene rings is 1. The lowest BCUT2D eigenvalue weighted by Crippen LogP contribution is -2.38. The number of hydrogen-bond acceptors (Lipinski definition) is 5. The second kappa shape index (κ2) is 12.8. The predicted molar refractivity (Wildman–Crippen MR) is 112 cm³/mol. The first-order chi connectivity index (χ1) is 14.1. The monoisotopic (exact) mass is 459 g/mol. The molecule has 1 aromatic rings. The highest BCUT2D eigenvalue weighted by atomic mass is 35.5. The molecule has 0 aromatic heterocycles. The van der Waals surface area contributed by atoms with Gasteiger partial charge in [0.25, 0.3) is 0 Å².